The molecule has 0 aliphatic rings. The Morgan fingerprint density at radius 2 is 1.57 bits per heavy atom. The first-order valence-electron chi connectivity index (χ1n) is 11.9. The fraction of sp³-hybridized carbons (Fsp3) is 0.654. The molecule has 0 saturated heterocycles. The smallest absolute Gasteiger partial charge is 0.408 e. The summed E-state index contributed by atoms with van der Waals surface area (Å²) >= 11 is 1.37. The molecule has 35 heavy (non-hydrogen) atoms. The van der Waals surface area contributed by atoms with Gasteiger partial charge < -0.3 is 19.5 Å². The van der Waals surface area contributed by atoms with E-state index in [0.717, 1.165) is 12.0 Å². The number of hydrogen-bond donors (Lipinski definition) is 2. The molecule has 0 spiro atoms. The molecule has 1 unspecified atom stereocenters. The number of alkyl carbamates (subject to hydrolysis) is 1. The molecule has 1 aromatic carbocycles. The van der Waals surface area contributed by atoms with E-state index >= 15 is 0 Å². The van der Waals surface area contributed by atoms with Crippen LogP contribution < -0.4 is 10.6 Å². The largest absolute Gasteiger partial charge is 0.467 e. The number of methoxy groups -OCH3 is 1. The van der Waals surface area contributed by atoms with Gasteiger partial charge in [-0.3, -0.25) is 5.32 Å². The lowest BCUT2D eigenvalue weighted by molar-refractivity contribution is -0.162. The van der Waals surface area contributed by atoms with Gasteiger partial charge in [0.05, 0.1) is 7.11 Å². The zero-order valence-corrected chi connectivity index (χ0v) is 23.2. The minimum Gasteiger partial charge on any atom is -0.467 e. The van der Waals surface area contributed by atoms with Crippen molar-refractivity contribution in [3.63, 3.8) is 0 Å². The van der Waals surface area contributed by atoms with Crippen molar-refractivity contribution >= 4 is 29.8 Å². The minimum absolute atomic E-state index is 0.202. The maximum Gasteiger partial charge on any atom is 0.408 e. The van der Waals surface area contributed by atoms with Crippen molar-refractivity contribution in [3.05, 3.63) is 35.9 Å². The predicted octanol–water partition coefficient (Wildman–Crippen LogP) is 4.46. The Kier molecular flexibility index (Phi) is 12.1. The summed E-state index contributed by atoms with van der Waals surface area (Å²) < 4.78 is 15.9. The van der Waals surface area contributed by atoms with Crippen molar-refractivity contribution in [1.82, 2.24) is 10.6 Å². The van der Waals surface area contributed by atoms with Crippen LogP contribution in [0.15, 0.2) is 30.3 Å². The van der Waals surface area contributed by atoms with Gasteiger partial charge in [-0.1, -0.05) is 43.7 Å². The number of amides is 1. The van der Waals surface area contributed by atoms with Gasteiger partial charge in [0, 0.05) is 18.1 Å². The quantitative estimate of drug-likeness (QED) is 0.314. The maximum atomic E-state index is 13.4. The summed E-state index contributed by atoms with van der Waals surface area (Å²) in [6.07, 6.45) is 0.588. The summed E-state index contributed by atoms with van der Waals surface area (Å²) in [6.45, 7) is 13.2. The molecule has 8 nitrogen and oxygen atoms in total. The van der Waals surface area contributed by atoms with Crippen molar-refractivity contribution in [1.29, 1.82) is 0 Å². The summed E-state index contributed by atoms with van der Waals surface area (Å²) in [5, 5.41) is 6.01. The third kappa shape index (κ3) is 11.8. The number of rotatable bonds is 12. The summed E-state index contributed by atoms with van der Waals surface area (Å²) in [7, 11) is 1.26. The molecule has 0 aliphatic carbocycles. The highest BCUT2D eigenvalue weighted by molar-refractivity contribution is 7.99. The lowest BCUT2D eigenvalue weighted by Crippen LogP contribution is -2.56. The van der Waals surface area contributed by atoms with E-state index in [1.165, 1.54) is 18.9 Å². The first-order valence-corrected chi connectivity index (χ1v) is 13.0. The molecule has 2 N–H and O–H groups in total. The van der Waals surface area contributed by atoms with Crippen LogP contribution >= 0.6 is 11.8 Å². The molecule has 1 amide bonds. The first-order chi connectivity index (χ1) is 16.2. The molecule has 9 heteroatoms. The van der Waals surface area contributed by atoms with Crippen LogP contribution in [0.5, 0.6) is 0 Å². The summed E-state index contributed by atoms with van der Waals surface area (Å²) in [6, 6.07) is 8.89. The fourth-order valence-electron chi connectivity index (χ4n) is 3.23. The molecule has 0 aromatic heterocycles. The lowest BCUT2D eigenvalue weighted by atomic mass is 9.95. The highest BCUT2D eigenvalue weighted by Gasteiger charge is 2.41. The van der Waals surface area contributed by atoms with E-state index in [4.69, 9.17) is 14.2 Å². The second-order valence-electron chi connectivity index (χ2n) is 10.4. The van der Waals surface area contributed by atoms with Gasteiger partial charge in [0.2, 0.25) is 0 Å². The Bertz CT molecular complexity index is 819. The van der Waals surface area contributed by atoms with Crippen LogP contribution in [0.3, 0.4) is 0 Å². The topological polar surface area (TPSA) is 103 Å². The first kappa shape index (κ1) is 30.8. The third-order valence-corrected chi connectivity index (χ3v) is 6.02. The van der Waals surface area contributed by atoms with Gasteiger partial charge in [0.15, 0.2) is 0 Å². The number of benzene rings is 1. The molecule has 0 aliphatic heterocycles. The van der Waals surface area contributed by atoms with E-state index in [9.17, 15) is 14.4 Å². The fourth-order valence-corrected chi connectivity index (χ4v) is 4.51. The molecular formula is C26H42N2O6S. The van der Waals surface area contributed by atoms with Crippen LogP contribution in [0.4, 0.5) is 4.79 Å². The van der Waals surface area contributed by atoms with Crippen molar-refractivity contribution in [3.8, 4) is 0 Å². The van der Waals surface area contributed by atoms with Crippen molar-refractivity contribution in [2.45, 2.75) is 90.6 Å². The van der Waals surface area contributed by atoms with Gasteiger partial charge in [-0.05, 0) is 53.5 Å². The Labute approximate surface area is 214 Å². The molecule has 0 heterocycles. The highest BCUT2D eigenvalue weighted by atomic mass is 32.2. The Morgan fingerprint density at radius 3 is 2.09 bits per heavy atom. The molecule has 2 atom stereocenters. The second-order valence-corrected chi connectivity index (χ2v) is 11.4. The number of thioether (sulfide) groups is 1. The van der Waals surface area contributed by atoms with Crippen LogP contribution in [-0.4, -0.2) is 59.4 Å². The van der Waals surface area contributed by atoms with E-state index in [-0.39, 0.29) is 11.7 Å². The molecule has 0 bridgehead atoms. The number of carbonyl (C=O) groups is 3. The normalized spacial score (nSPS) is 14.4. The van der Waals surface area contributed by atoms with Crippen LogP contribution in [0.2, 0.25) is 0 Å². The van der Waals surface area contributed by atoms with Gasteiger partial charge >= 0.3 is 18.0 Å². The van der Waals surface area contributed by atoms with Crippen LogP contribution in [-0.2, 0) is 30.3 Å². The van der Waals surface area contributed by atoms with Gasteiger partial charge in [-0.15, -0.1) is 0 Å². The molecule has 0 radical (unpaired) electrons. The number of nitrogens with one attached hydrogen (secondary N) is 2. The average molecular weight is 511 g/mol. The Balaban J connectivity index is 3.04. The zero-order valence-electron chi connectivity index (χ0n) is 22.4. The van der Waals surface area contributed by atoms with E-state index in [2.05, 4.69) is 10.6 Å². The Morgan fingerprint density at radius 1 is 0.971 bits per heavy atom. The van der Waals surface area contributed by atoms with Crippen molar-refractivity contribution in [2.24, 2.45) is 0 Å². The predicted molar refractivity (Wildman–Crippen MR) is 139 cm³/mol. The third-order valence-electron chi connectivity index (χ3n) is 4.75. The monoisotopic (exact) mass is 510 g/mol. The standard InChI is InChI=1S/C26H42N2O6S/c1-9-15-26(22(30)33-24(2,3)4,27-16-19-13-11-10-12-14-19)18-35-17-20(21(29)32-8)28-23(31)34-25(5,6)7/h10-14,20,27H,9,15-18H2,1-8H3,(H,28,31)/t20-,26?/m0/s1. The van der Waals surface area contributed by atoms with Gasteiger partial charge in [0.1, 0.15) is 22.8 Å². The summed E-state index contributed by atoms with van der Waals surface area (Å²) in [4.78, 5) is 38.0. The Hall–Kier alpha value is -2.26. The second kappa shape index (κ2) is 13.7. The molecule has 1 rings (SSSR count). The van der Waals surface area contributed by atoms with Crippen LogP contribution in [0.1, 0.15) is 66.9 Å². The highest BCUT2D eigenvalue weighted by Crippen LogP contribution is 2.25. The van der Waals surface area contributed by atoms with E-state index in [1.807, 2.05) is 58.0 Å². The number of carbonyl (C=O) groups excluding carboxylic acids is 3. The van der Waals surface area contributed by atoms with Crippen molar-refractivity contribution in [2.75, 3.05) is 18.6 Å². The molecule has 0 fully saturated rings. The van der Waals surface area contributed by atoms with E-state index in [0.29, 0.717) is 18.7 Å². The molecular weight excluding hydrogens is 468 g/mol. The minimum atomic E-state index is -0.977. The molecule has 1 aromatic rings. The van der Waals surface area contributed by atoms with Gasteiger partial charge in [0.25, 0.3) is 0 Å². The van der Waals surface area contributed by atoms with E-state index < -0.39 is 34.8 Å². The van der Waals surface area contributed by atoms with Crippen LogP contribution in [0.25, 0.3) is 0 Å². The van der Waals surface area contributed by atoms with Crippen LogP contribution in [0, 0.1) is 0 Å². The maximum absolute atomic E-state index is 13.4. The number of esters is 2. The zero-order chi connectivity index (χ0) is 26.7. The lowest BCUT2D eigenvalue weighted by Gasteiger charge is -2.35. The summed E-state index contributed by atoms with van der Waals surface area (Å²) in [5.41, 5.74) is -1.29. The van der Waals surface area contributed by atoms with Gasteiger partial charge in [-0.25, -0.2) is 14.4 Å². The number of ether oxygens (including phenoxy) is 3. The van der Waals surface area contributed by atoms with E-state index in [1.54, 1.807) is 20.8 Å². The SMILES string of the molecule is CCCC(CSC[C@H](NC(=O)OC(C)(C)C)C(=O)OC)(NCc1ccccc1)C(=O)OC(C)(C)C. The van der Waals surface area contributed by atoms with Gasteiger partial charge in [-0.2, -0.15) is 11.8 Å². The van der Waals surface area contributed by atoms with Crippen molar-refractivity contribution < 1.29 is 28.6 Å². The summed E-state index contributed by atoms with van der Waals surface area (Å²) in [5.74, 6) is -0.386. The molecule has 198 valence electrons. The molecule has 0 saturated carbocycles. The number of hydrogen-bond acceptors (Lipinski definition) is 8. The average Bonchev–Trinajstić information content (AvgIpc) is 2.74.